The maximum atomic E-state index is 11.9. The average Bonchev–Trinajstić information content (AvgIpc) is 2.58. The van der Waals surface area contributed by atoms with E-state index in [-0.39, 0.29) is 5.91 Å². The first-order valence-corrected chi connectivity index (χ1v) is 7.10. The van der Waals surface area contributed by atoms with E-state index >= 15 is 0 Å². The summed E-state index contributed by atoms with van der Waals surface area (Å²) in [6, 6.07) is 17.0. The maximum Gasteiger partial charge on any atom is 0.220 e. The Morgan fingerprint density at radius 2 is 1.95 bits per heavy atom. The molecular weight excluding hydrogens is 276 g/mol. The van der Waals surface area contributed by atoms with Crippen molar-refractivity contribution in [1.82, 2.24) is 5.32 Å². The van der Waals surface area contributed by atoms with Crippen molar-refractivity contribution in [3.05, 3.63) is 65.2 Å². The zero-order valence-electron chi connectivity index (χ0n) is 12.5. The number of nitrogens with one attached hydrogen (secondary N) is 1. The summed E-state index contributed by atoms with van der Waals surface area (Å²) >= 11 is 0. The Morgan fingerprint density at radius 1 is 1.18 bits per heavy atom. The Hall–Kier alpha value is -2.80. The number of hydrogen-bond acceptors (Lipinski definition) is 3. The Labute approximate surface area is 130 Å². The van der Waals surface area contributed by atoms with Gasteiger partial charge in [0.15, 0.2) is 0 Å². The largest absolute Gasteiger partial charge is 0.497 e. The van der Waals surface area contributed by atoms with E-state index < -0.39 is 0 Å². The highest BCUT2D eigenvalue weighted by atomic mass is 16.5. The third-order valence-electron chi connectivity index (χ3n) is 3.35. The Morgan fingerprint density at radius 3 is 2.64 bits per heavy atom. The molecule has 0 aliphatic rings. The molecule has 0 bridgehead atoms. The van der Waals surface area contributed by atoms with Crippen LogP contribution in [0, 0.1) is 11.3 Å². The van der Waals surface area contributed by atoms with Crippen molar-refractivity contribution in [3.8, 4) is 11.8 Å². The summed E-state index contributed by atoms with van der Waals surface area (Å²) in [5.41, 5.74) is 2.63. The van der Waals surface area contributed by atoms with E-state index in [1.54, 1.807) is 19.2 Å². The molecule has 0 unspecified atom stereocenters. The molecule has 2 aromatic rings. The fourth-order valence-corrected chi connectivity index (χ4v) is 2.09. The van der Waals surface area contributed by atoms with Gasteiger partial charge in [-0.3, -0.25) is 4.79 Å². The summed E-state index contributed by atoms with van der Waals surface area (Å²) in [7, 11) is 1.63. The van der Waals surface area contributed by atoms with Crippen LogP contribution in [0.4, 0.5) is 0 Å². The average molecular weight is 294 g/mol. The van der Waals surface area contributed by atoms with Gasteiger partial charge in [0.05, 0.1) is 18.7 Å². The van der Waals surface area contributed by atoms with E-state index in [4.69, 9.17) is 10.00 Å². The number of amides is 1. The second-order valence-corrected chi connectivity index (χ2v) is 4.94. The summed E-state index contributed by atoms with van der Waals surface area (Å²) in [5, 5.41) is 11.7. The second-order valence-electron chi connectivity index (χ2n) is 4.94. The van der Waals surface area contributed by atoms with Crippen LogP contribution in [0.5, 0.6) is 5.75 Å². The lowest BCUT2D eigenvalue weighted by Crippen LogP contribution is -2.23. The molecule has 1 N–H and O–H groups in total. The van der Waals surface area contributed by atoms with E-state index in [0.717, 1.165) is 16.9 Å². The van der Waals surface area contributed by atoms with Gasteiger partial charge in [0.25, 0.3) is 0 Å². The van der Waals surface area contributed by atoms with Crippen LogP contribution in [-0.4, -0.2) is 13.0 Å². The van der Waals surface area contributed by atoms with E-state index in [1.807, 2.05) is 36.4 Å². The number of carbonyl (C=O) groups excluding carboxylic acids is 1. The first kappa shape index (κ1) is 15.6. The van der Waals surface area contributed by atoms with Crippen LogP contribution in [0.15, 0.2) is 48.5 Å². The van der Waals surface area contributed by atoms with E-state index in [2.05, 4.69) is 11.4 Å². The number of methoxy groups -OCH3 is 1. The number of nitrogens with zero attached hydrogens (tertiary/aromatic N) is 1. The minimum Gasteiger partial charge on any atom is -0.497 e. The summed E-state index contributed by atoms with van der Waals surface area (Å²) in [6.07, 6.45) is 1.12. The topological polar surface area (TPSA) is 62.1 Å². The van der Waals surface area contributed by atoms with Crippen molar-refractivity contribution in [1.29, 1.82) is 5.26 Å². The van der Waals surface area contributed by atoms with Gasteiger partial charge in [0.1, 0.15) is 5.75 Å². The number of nitriles is 1. The fraction of sp³-hybridized carbons (Fsp3) is 0.222. The monoisotopic (exact) mass is 294 g/mol. The minimum absolute atomic E-state index is 0.00169. The number of aryl methyl sites for hydroxylation is 1. The van der Waals surface area contributed by atoms with E-state index in [1.165, 1.54) is 0 Å². The Balaban J connectivity index is 1.79. The molecule has 112 valence electrons. The quantitative estimate of drug-likeness (QED) is 0.891. The molecule has 0 spiro atoms. The molecule has 0 fully saturated rings. The molecule has 0 saturated heterocycles. The molecule has 4 heteroatoms. The van der Waals surface area contributed by atoms with Crippen molar-refractivity contribution in [2.24, 2.45) is 0 Å². The zero-order valence-corrected chi connectivity index (χ0v) is 12.5. The molecule has 4 nitrogen and oxygen atoms in total. The summed E-state index contributed by atoms with van der Waals surface area (Å²) < 4.78 is 5.10. The third-order valence-corrected chi connectivity index (χ3v) is 3.35. The van der Waals surface area contributed by atoms with Gasteiger partial charge in [0.2, 0.25) is 5.91 Å². The maximum absolute atomic E-state index is 11.9. The van der Waals surface area contributed by atoms with Crippen molar-refractivity contribution < 1.29 is 9.53 Å². The van der Waals surface area contributed by atoms with Crippen molar-refractivity contribution in [2.75, 3.05) is 7.11 Å². The molecule has 0 saturated carbocycles. The number of hydrogen-bond donors (Lipinski definition) is 1. The van der Waals surface area contributed by atoms with Gasteiger partial charge in [-0.05, 0) is 41.8 Å². The van der Waals surface area contributed by atoms with Crippen LogP contribution in [-0.2, 0) is 17.8 Å². The van der Waals surface area contributed by atoms with Gasteiger partial charge < -0.3 is 10.1 Å². The Bertz CT molecular complexity index is 672. The van der Waals surface area contributed by atoms with Crippen LogP contribution >= 0.6 is 0 Å². The number of carbonyl (C=O) groups is 1. The van der Waals surface area contributed by atoms with Crippen LogP contribution < -0.4 is 10.1 Å². The normalized spacial score (nSPS) is 9.82. The lowest BCUT2D eigenvalue weighted by Gasteiger charge is -2.06. The smallest absolute Gasteiger partial charge is 0.220 e. The van der Waals surface area contributed by atoms with Crippen LogP contribution in [0.25, 0.3) is 0 Å². The van der Waals surface area contributed by atoms with Gasteiger partial charge >= 0.3 is 0 Å². The SMILES string of the molecule is COc1ccc(CCC(=O)NCc2cccc(C#N)c2)cc1. The zero-order chi connectivity index (χ0) is 15.8. The van der Waals surface area contributed by atoms with Crippen molar-refractivity contribution >= 4 is 5.91 Å². The highest BCUT2D eigenvalue weighted by Gasteiger charge is 2.03. The lowest BCUT2D eigenvalue weighted by molar-refractivity contribution is -0.121. The van der Waals surface area contributed by atoms with Crippen LogP contribution in [0.3, 0.4) is 0 Å². The van der Waals surface area contributed by atoms with Gasteiger partial charge in [-0.25, -0.2) is 0 Å². The summed E-state index contributed by atoms with van der Waals surface area (Å²) in [5.74, 6) is 0.809. The molecule has 22 heavy (non-hydrogen) atoms. The highest BCUT2D eigenvalue weighted by Crippen LogP contribution is 2.12. The van der Waals surface area contributed by atoms with Crippen LogP contribution in [0.2, 0.25) is 0 Å². The van der Waals surface area contributed by atoms with E-state index in [0.29, 0.717) is 24.9 Å². The van der Waals surface area contributed by atoms with Gasteiger partial charge in [0, 0.05) is 13.0 Å². The minimum atomic E-state index is -0.00169. The van der Waals surface area contributed by atoms with Crippen molar-refractivity contribution in [2.45, 2.75) is 19.4 Å². The molecule has 0 aliphatic carbocycles. The van der Waals surface area contributed by atoms with Crippen LogP contribution in [0.1, 0.15) is 23.1 Å². The van der Waals surface area contributed by atoms with Crippen molar-refractivity contribution in [3.63, 3.8) is 0 Å². The summed E-state index contributed by atoms with van der Waals surface area (Å²) in [6.45, 7) is 0.441. The third kappa shape index (κ3) is 4.64. The first-order valence-electron chi connectivity index (χ1n) is 7.10. The molecule has 0 heterocycles. The molecule has 2 aromatic carbocycles. The van der Waals surface area contributed by atoms with E-state index in [9.17, 15) is 4.79 Å². The van der Waals surface area contributed by atoms with Gasteiger partial charge in [-0.1, -0.05) is 24.3 Å². The molecular formula is C18H18N2O2. The lowest BCUT2D eigenvalue weighted by atomic mass is 10.1. The molecule has 0 atom stereocenters. The summed E-state index contributed by atoms with van der Waals surface area (Å²) in [4.78, 5) is 11.9. The van der Waals surface area contributed by atoms with Gasteiger partial charge in [-0.2, -0.15) is 5.26 Å². The predicted octanol–water partition coefficient (Wildman–Crippen LogP) is 2.82. The molecule has 0 aromatic heterocycles. The first-order chi connectivity index (χ1) is 10.7. The molecule has 1 amide bonds. The number of ether oxygens (including phenoxy) is 1. The molecule has 0 radical (unpaired) electrons. The standard InChI is InChI=1S/C18H18N2O2/c1-22-17-8-5-14(6-9-17)7-10-18(21)20-13-16-4-2-3-15(11-16)12-19/h2-6,8-9,11H,7,10,13H2,1H3,(H,20,21). The van der Waals surface area contributed by atoms with Gasteiger partial charge in [-0.15, -0.1) is 0 Å². The molecule has 2 rings (SSSR count). The Kier molecular flexibility index (Phi) is 5.56. The second kappa shape index (κ2) is 7.84. The number of benzene rings is 2. The number of rotatable bonds is 6. The highest BCUT2D eigenvalue weighted by molar-refractivity contribution is 5.76. The predicted molar refractivity (Wildman–Crippen MR) is 84.3 cm³/mol. The fourth-order valence-electron chi connectivity index (χ4n) is 2.09. The molecule has 0 aliphatic heterocycles.